The van der Waals surface area contributed by atoms with E-state index in [9.17, 15) is 0 Å². The van der Waals surface area contributed by atoms with Crippen molar-refractivity contribution in [2.24, 2.45) is 0 Å². The first-order valence-corrected chi connectivity index (χ1v) is 7.96. The van der Waals surface area contributed by atoms with Crippen LogP contribution in [0.1, 0.15) is 24.4 Å². The molecular formula is C19H21N4O2. The Morgan fingerprint density at radius 1 is 1.20 bits per heavy atom. The highest BCUT2D eigenvalue weighted by Gasteiger charge is 2.16. The summed E-state index contributed by atoms with van der Waals surface area (Å²) in [5.74, 6) is 2.72. The van der Waals surface area contributed by atoms with Crippen molar-refractivity contribution in [2.45, 2.75) is 19.9 Å². The first-order valence-electron chi connectivity index (χ1n) is 7.96. The number of nitrogens with two attached hydrogens (primary N) is 1. The molecule has 129 valence electrons. The second-order valence-corrected chi connectivity index (χ2v) is 5.76. The summed E-state index contributed by atoms with van der Waals surface area (Å²) in [6.07, 6.45) is 0. The summed E-state index contributed by atoms with van der Waals surface area (Å²) < 4.78 is 10.7. The minimum Gasteiger partial charge on any atom is -0.496 e. The van der Waals surface area contributed by atoms with Crippen LogP contribution in [0, 0.1) is 13.0 Å². The van der Waals surface area contributed by atoms with Gasteiger partial charge >= 0.3 is 0 Å². The number of methoxy groups -OCH3 is 2. The van der Waals surface area contributed by atoms with E-state index >= 15 is 0 Å². The number of nitrogens with one attached hydrogen (secondary N) is 1. The Hall–Kier alpha value is -3.02. The van der Waals surface area contributed by atoms with Crippen LogP contribution in [0.2, 0.25) is 0 Å². The zero-order valence-corrected chi connectivity index (χ0v) is 14.8. The van der Waals surface area contributed by atoms with Gasteiger partial charge in [0.05, 0.1) is 31.5 Å². The normalized spacial score (nSPS) is 12.0. The van der Waals surface area contributed by atoms with Gasteiger partial charge in [-0.3, -0.25) is 0 Å². The number of anilines is 2. The van der Waals surface area contributed by atoms with Crippen molar-refractivity contribution in [3.05, 3.63) is 47.8 Å². The second kappa shape index (κ2) is 6.84. The highest BCUT2D eigenvalue weighted by Crippen LogP contribution is 2.34. The number of ether oxygens (including phenoxy) is 2. The number of aromatic nitrogens is 2. The number of para-hydroxylation sites is 1. The lowest BCUT2D eigenvalue weighted by Crippen LogP contribution is -2.11. The van der Waals surface area contributed by atoms with Crippen molar-refractivity contribution in [1.82, 2.24) is 9.97 Å². The SMILES string of the molecule is COc1[c]cc2nc(C)nc(N[C@H](C)c3cccc(N)c3OC)c2c1. The van der Waals surface area contributed by atoms with E-state index in [1.165, 1.54) is 0 Å². The maximum Gasteiger partial charge on any atom is 0.146 e. The molecule has 0 aliphatic rings. The highest BCUT2D eigenvalue weighted by molar-refractivity contribution is 5.90. The third-order valence-corrected chi connectivity index (χ3v) is 4.03. The summed E-state index contributed by atoms with van der Waals surface area (Å²) in [6.45, 7) is 3.90. The summed E-state index contributed by atoms with van der Waals surface area (Å²) in [7, 11) is 3.23. The maximum absolute atomic E-state index is 6.02. The molecule has 3 aromatic rings. The quantitative estimate of drug-likeness (QED) is 0.693. The van der Waals surface area contributed by atoms with Crippen LogP contribution in [0.15, 0.2) is 30.3 Å². The molecule has 0 aliphatic heterocycles. The van der Waals surface area contributed by atoms with Gasteiger partial charge in [-0.1, -0.05) is 12.1 Å². The summed E-state index contributed by atoms with van der Waals surface area (Å²) in [5.41, 5.74) is 8.39. The lowest BCUT2D eigenvalue weighted by atomic mass is 10.1. The topological polar surface area (TPSA) is 82.3 Å². The average Bonchev–Trinajstić information content (AvgIpc) is 2.61. The third-order valence-electron chi connectivity index (χ3n) is 4.03. The number of rotatable bonds is 5. The van der Waals surface area contributed by atoms with Gasteiger partial charge in [0.15, 0.2) is 0 Å². The first-order chi connectivity index (χ1) is 12.0. The number of hydrogen-bond acceptors (Lipinski definition) is 6. The molecule has 6 heteroatoms. The van der Waals surface area contributed by atoms with E-state index in [0.29, 0.717) is 23.0 Å². The van der Waals surface area contributed by atoms with Crippen LogP contribution in [0.5, 0.6) is 11.5 Å². The maximum atomic E-state index is 6.02. The molecule has 1 aromatic heterocycles. The van der Waals surface area contributed by atoms with Gasteiger partial charge in [0.25, 0.3) is 0 Å². The van der Waals surface area contributed by atoms with E-state index in [2.05, 4.69) is 21.4 Å². The molecule has 0 spiro atoms. The Balaban J connectivity index is 2.04. The largest absolute Gasteiger partial charge is 0.496 e. The molecule has 0 unspecified atom stereocenters. The Morgan fingerprint density at radius 2 is 2.00 bits per heavy atom. The monoisotopic (exact) mass is 337 g/mol. The number of hydrogen-bond donors (Lipinski definition) is 2. The molecule has 25 heavy (non-hydrogen) atoms. The van der Waals surface area contributed by atoms with Gasteiger partial charge < -0.3 is 20.5 Å². The molecule has 0 aliphatic carbocycles. The van der Waals surface area contributed by atoms with Crippen LogP contribution in [0.25, 0.3) is 10.9 Å². The van der Waals surface area contributed by atoms with Crippen LogP contribution >= 0.6 is 0 Å². The van der Waals surface area contributed by atoms with Gasteiger partial charge in [0.1, 0.15) is 23.1 Å². The van der Waals surface area contributed by atoms with Crippen LogP contribution < -0.4 is 20.5 Å². The summed E-state index contributed by atoms with van der Waals surface area (Å²) in [6, 6.07) is 12.4. The van der Waals surface area contributed by atoms with Gasteiger partial charge in [-0.25, -0.2) is 9.97 Å². The number of fused-ring (bicyclic) bond motifs is 1. The van der Waals surface area contributed by atoms with Crippen molar-refractivity contribution in [2.75, 3.05) is 25.3 Å². The molecule has 1 heterocycles. The standard InChI is InChI=1S/C19H21N4O2/c1-11(14-6-5-7-16(20)18(14)25-4)21-19-15-10-13(24-3)8-9-17(15)22-12(2)23-19/h5-7,9-11H,20H2,1-4H3,(H,21,22,23)/t11-/m1/s1. The molecule has 0 saturated heterocycles. The zero-order valence-electron chi connectivity index (χ0n) is 14.8. The minimum atomic E-state index is -0.0638. The molecule has 3 N–H and O–H groups in total. The number of nitrogens with zero attached hydrogens (tertiary/aromatic N) is 2. The van der Waals surface area contributed by atoms with Crippen molar-refractivity contribution < 1.29 is 9.47 Å². The third kappa shape index (κ3) is 3.28. The van der Waals surface area contributed by atoms with E-state index in [-0.39, 0.29) is 6.04 Å². The highest BCUT2D eigenvalue weighted by atomic mass is 16.5. The van der Waals surface area contributed by atoms with Gasteiger partial charge in [-0.15, -0.1) is 0 Å². The van der Waals surface area contributed by atoms with Gasteiger partial charge in [-0.2, -0.15) is 0 Å². The van der Waals surface area contributed by atoms with Crippen molar-refractivity contribution in [1.29, 1.82) is 0 Å². The minimum absolute atomic E-state index is 0.0638. The molecule has 0 amide bonds. The lowest BCUT2D eigenvalue weighted by Gasteiger charge is -2.20. The van der Waals surface area contributed by atoms with Crippen LogP contribution in [-0.2, 0) is 0 Å². The van der Waals surface area contributed by atoms with E-state index in [4.69, 9.17) is 15.2 Å². The van der Waals surface area contributed by atoms with Crippen LogP contribution in [-0.4, -0.2) is 24.2 Å². The fourth-order valence-electron chi connectivity index (χ4n) is 2.83. The van der Waals surface area contributed by atoms with Crippen molar-refractivity contribution in [3.63, 3.8) is 0 Å². The van der Waals surface area contributed by atoms with Gasteiger partial charge in [0, 0.05) is 17.0 Å². The predicted octanol–water partition coefficient (Wildman–Crippen LogP) is 3.51. The van der Waals surface area contributed by atoms with Crippen molar-refractivity contribution in [3.8, 4) is 11.5 Å². The molecular weight excluding hydrogens is 316 g/mol. The fraction of sp³-hybridized carbons (Fsp3) is 0.263. The Morgan fingerprint density at radius 3 is 2.72 bits per heavy atom. The molecule has 0 fully saturated rings. The predicted molar refractivity (Wildman–Crippen MR) is 99.1 cm³/mol. The van der Waals surface area contributed by atoms with Gasteiger partial charge in [0.2, 0.25) is 0 Å². The number of benzene rings is 2. The fourth-order valence-corrected chi connectivity index (χ4v) is 2.83. The number of nitrogen functional groups attached to an aromatic ring is 1. The summed E-state index contributed by atoms with van der Waals surface area (Å²) >= 11 is 0. The van der Waals surface area contributed by atoms with Crippen LogP contribution in [0.4, 0.5) is 11.5 Å². The van der Waals surface area contributed by atoms with E-state index in [1.807, 2.05) is 38.1 Å². The summed E-state index contributed by atoms with van der Waals surface area (Å²) in [4.78, 5) is 9.01. The zero-order chi connectivity index (χ0) is 18.0. The molecule has 1 atom stereocenters. The van der Waals surface area contributed by atoms with Crippen molar-refractivity contribution >= 4 is 22.4 Å². The molecule has 2 aromatic carbocycles. The second-order valence-electron chi connectivity index (χ2n) is 5.76. The summed E-state index contributed by atoms with van der Waals surface area (Å²) in [5, 5.41) is 4.31. The molecule has 1 radical (unpaired) electrons. The number of aryl methyl sites for hydroxylation is 1. The molecule has 0 saturated carbocycles. The Labute approximate surface area is 147 Å². The van der Waals surface area contributed by atoms with Crippen LogP contribution in [0.3, 0.4) is 0 Å². The Kier molecular flexibility index (Phi) is 4.61. The molecule has 6 nitrogen and oxygen atoms in total. The van der Waals surface area contributed by atoms with E-state index < -0.39 is 0 Å². The smallest absolute Gasteiger partial charge is 0.146 e. The van der Waals surface area contributed by atoms with E-state index in [1.54, 1.807) is 20.3 Å². The average molecular weight is 337 g/mol. The van der Waals surface area contributed by atoms with E-state index in [0.717, 1.165) is 22.3 Å². The molecule has 0 bridgehead atoms. The first kappa shape index (κ1) is 16.8. The molecule has 3 rings (SSSR count). The van der Waals surface area contributed by atoms with Gasteiger partial charge in [-0.05, 0) is 32.0 Å². The Bertz CT molecular complexity index is 911. The lowest BCUT2D eigenvalue weighted by molar-refractivity contribution is 0.410.